The molecule has 1 atom stereocenters. The number of hydrogen-bond acceptors (Lipinski definition) is 5. The zero-order valence-corrected chi connectivity index (χ0v) is 19.6. The van der Waals surface area contributed by atoms with Gasteiger partial charge in [-0.15, -0.1) is 11.3 Å². The van der Waals surface area contributed by atoms with Crippen LogP contribution in [0.15, 0.2) is 41.8 Å². The number of nitrogens with one attached hydrogen (secondary N) is 2. The summed E-state index contributed by atoms with van der Waals surface area (Å²) in [7, 11) is 1.55. The molecule has 1 aromatic heterocycles. The molecule has 0 radical (unpaired) electrons. The molecule has 3 rings (SSSR count). The fourth-order valence-electron chi connectivity index (χ4n) is 3.79. The van der Waals surface area contributed by atoms with Gasteiger partial charge in [0, 0.05) is 25.2 Å². The minimum atomic E-state index is -0.661. The highest BCUT2D eigenvalue weighted by Crippen LogP contribution is 2.24. The first-order valence-corrected chi connectivity index (χ1v) is 11.8. The average Bonchev–Trinajstić information content (AvgIpc) is 3.35. The maximum Gasteiger partial charge on any atom is 0.263 e. The Morgan fingerprint density at radius 1 is 1.16 bits per heavy atom. The lowest BCUT2D eigenvalue weighted by Gasteiger charge is -2.35. The van der Waals surface area contributed by atoms with Crippen molar-refractivity contribution in [1.29, 1.82) is 0 Å². The highest BCUT2D eigenvalue weighted by Gasteiger charge is 2.34. The van der Waals surface area contributed by atoms with Gasteiger partial charge in [0.05, 0.1) is 12.0 Å². The van der Waals surface area contributed by atoms with E-state index < -0.39 is 6.04 Å². The number of carbonyl (C=O) groups is 3. The van der Waals surface area contributed by atoms with Crippen molar-refractivity contribution in [3.8, 4) is 5.75 Å². The molecule has 0 spiro atoms. The Balaban J connectivity index is 1.69. The van der Waals surface area contributed by atoms with E-state index in [-0.39, 0.29) is 23.6 Å². The van der Waals surface area contributed by atoms with Crippen LogP contribution >= 0.6 is 11.3 Å². The summed E-state index contributed by atoms with van der Waals surface area (Å²) >= 11 is 1.43. The van der Waals surface area contributed by atoms with Crippen LogP contribution in [0.1, 0.15) is 46.7 Å². The van der Waals surface area contributed by atoms with Crippen LogP contribution in [0.3, 0.4) is 0 Å². The molecule has 0 aliphatic carbocycles. The first-order chi connectivity index (χ1) is 15.4. The quantitative estimate of drug-likeness (QED) is 0.637. The lowest BCUT2D eigenvalue weighted by molar-refractivity contribution is -0.124. The van der Waals surface area contributed by atoms with E-state index in [1.165, 1.54) is 11.3 Å². The lowest BCUT2D eigenvalue weighted by Crippen LogP contribution is -2.54. The highest BCUT2D eigenvalue weighted by molar-refractivity contribution is 7.12. The van der Waals surface area contributed by atoms with Crippen molar-refractivity contribution in [2.24, 2.45) is 11.8 Å². The van der Waals surface area contributed by atoms with E-state index in [0.29, 0.717) is 49.7 Å². The van der Waals surface area contributed by atoms with Crippen molar-refractivity contribution < 1.29 is 19.1 Å². The maximum absolute atomic E-state index is 13.0. The van der Waals surface area contributed by atoms with E-state index in [9.17, 15) is 14.4 Å². The second-order valence-electron chi connectivity index (χ2n) is 8.43. The predicted octanol–water partition coefficient (Wildman–Crippen LogP) is 3.18. The largest absolute Gasteiger partial charge is 0.497 e. The van der Waals surface area contributed by atoms with Gasteiger partial charge in [0.15, 0.2) is 0 Å². The van der Waals surface area contributed by atoms with Crippen molar-refractivity contribution in [2.75, 3.05) is 26.7 Å². The third-order valence-corrected chi connectivity index (χ3v) is 6.47. The number of rotatable bonds is 8. The molecule has 8 heteroatoms. The van der Waals surface area contributed by atoms with Gasteiger partial charge < -0.3 is 20.3 Å². The lowest BCUT2D eigenvalue weighted by atomic mass is 9.88. The van der Waals surface area contributed by atoms with Crippen LogP contribution in [0.2, 0.25) is 0 Å². The molecule has 0 unspecified atom stereocenters. The molecule has 32 heavy (non-hydrogen) atoms. The molecule has 0 saturated carbocycles. The smallest absolute Gasteiger partial charge is 0.263 e. The van der Waals surface area contributed by atoms with Gasteiger partial charge >= 0.3 is 0 Å². The Morgan fingerprint density at radius 3 is 2.53 bits per heavy atom. The molecule has 1 aliphatic rings. The van der Waals surface area contributed by atoms with Crippen molar-refractivity contribution in [3.05, 3.63) is 52.2 Å². The molecule has 172 valence electrons. The molecule has 1 saturated heterocycles. The molecule has 1 fully saturated rings. The second kappa shape index (κ2) is 11.1. The summed E-state index contributed by atoms with van der Waals surface area (Å²) in [6.07, 6.45) is 1.30. The van der Waals surface area contributed by atoms with Gasteiger partial charge in [0.2, 0.25) is 5.91 Å². The summed E-state index contributed by atoms with van der Waals surface area (Å²) in [5, 5.41) is 7.79. The number of benzene rings is 1. The maximum atomic E-state index is 13.0. The molecule has 0 bridgehead atoms. The number of thiophene rings is 1. The van der Waals surface area contributed by atoms with Crippen LogP contribution in [0.25, 0.3) is 0 Å². The zero-order chi connectivity index (χ0) is 23.1. The van der Waals surface area contributed by atoms with Crippen LogP contribution in [0.5, 0.6) is 5.75 Å². The molecule has 3 amide bonds. The molecular weight excluding hydrogens is 426 g/mol. The third kappa shape index (κ3) is 6.09. The number of piperidine rings is 1. The topological polar surface area (TPSA) is 87.7 Å². The molecule has 7 nitrogen and oxygen atoms in total. The monoisotopic (exact) mass is 457 g/mol. The van der Waals surface area contributed by atoms with Gasteiger partial charge in [-0.1, -0.05) is 26.0 Å². The Morgan fingerprint density at radius 2 is 1.91 bits per heavy atom. The van der Waals surface area contributed by atoms with Crippen LogP contribution in [0.4, 0.5) is 0 Å². The fraction of sp³-hybridized carbons (Fsp3) is 0.458. The third-order valence-electron chi connectivity index (χ3n) is 5.62. The van der Waals surface area contributed by atoms with E-state index >= 15 is 0 Å². The standard InChI is InChI=1S/C24H31N3O4S/c1-16(2)15-25-23(29)21(26-22(28)18-6-4-7-19(14-18)31-3)17-9-11-27(12-10-17)24(30)20-8-5-13-32-20/h4-8,13-14,16-17,21H,9-12,15H2,1-3H3,(H,25,29)(H,26,28)/t21-/m1/s1. The zero-order valence-electron chi connectivity index (χ0n) is 18.8. The number of amides is 3. The van der Waals surface area contributed by atoms with Crippen LogP contribution in [0, 0.1) is 11.8 Å². The normalized spacial score (nSPS) is 15.3. The van der Waals surface area contributed by atoms with Gasteiger partial charge in [-0.05, 0) is 54.3 Å². The van der Waals surface area contributed by atoms with E-state index in [1.807, 2.05) is 36.3 Å². The summed E-state index contributed by atoms with van der Waals surface area (Å²) in [5.41, 5.74) is 0.441. The van der Waals surface area contributed by atoms with Crippen molar-refractivity contribution in [2.45, 2.75) is 32.7 Å². The van der Waals surface area contributed by atoms with Crippen molar-refractivity contribution in [3.63, 3.8) is 0 Å². The number of ether oxygens (including phenoxy) is 1. The summed E-state index contributed by atoms with van der Waals surface area (Å²) in [6.45, 7) is 5.71. The minimum absolute atomic E-state index is 0.0275. The molecule has 2 N–H and O–H groups in total. The number of nitrogens with zero attached hydrogens (tertiary/aromatic N) is 1. The molecular formula is C24H31N3O4S. The first kappa shape index (κ1) is 23.8. The van der Waals surface area contributed by atoms with Gasteiger partial charge in [0.1, 0.15) is 11.8 Å². The number of hydrogen-bond donors (Lipinski definition) is 2. The first-order valence-electron chi connectivity index (χ1n) is 10.9. The summed E-state index contributed by atoms with van der Waals surface area (Å²) in [6, 6.07) is 9.90. The van der Waals surface area contributed by atoms with Gasteiger partial charge in [0.25, 0.3) is 11.8 Å². The fourth-order valence-corrected chi connectivity index (χ4v) is 4.48. The molecule has 1 aliphatic heterocycles. The minimum Gasteiger partial charge on any atom is -0.497 e. The van der Waals surface area contributed by atoms with Crippen molar-refractivity contribution >= 4 is 29.1 Å². The van der Waals surface area contributed by atoms with E-state index in [4.69, 9.17) is 4.74 Å². The summed E-state index contributed by atoms with van der Waals surface area (Å²) < 4.78 is 5.21. The highest BCUT2D eigenvalue weighted by atomic mass is 32.1. The Labute approximate surface area is 193 Å². The Kier molecular flexibility index (Phi) is 8.27. The molecule has 2 aromatic rings. The van der Waals surface area contributed by atoms with Crippen LogP contribution in [-0.2, 0) is 4.79 Å². The molecule has 1 aromatic carbocycles. The van der Waals surface area contributed by atoms with E-state index in [2.05, 4.69) is 10.6 Å². The van der Waals surface area contributed by atoms with E-state index in [0.717, 1.165) is 4.88 Å². The Bertz CT molecular complexity index is 921. The number of likely N-dealkylation sites (tertiary alicyclic amines) is 1. The second-order valence-corrected chi connectivity index (χ2v) is 9.38. The van der Waals surface area contributed by atoms with Crippen molar-refractivity contribution in [1.82, 2.24) is 15.5 Å². The predicted molar refractivity (Wildman–Crippen MR) is 125 cm³/mol. The SMILES string of the molecule is COc1cccc(C(=O)N[C@@H](C(=O)NCC(C)C)C2CCN(C(=O)c3cccs3)CC2)c1. The van der Waals surface area contributed by atoms with Crippen LogP contribution in [-0.4, -0.2) is 55.4 Å². The van der Waals surface area contributed by atoms with Gasteiger partial charge in [-0.2, -0.15) is 0 Å². The number of methoxy groups -OCH3 is 1. The summed E-state index contributed by atoms with van der Waals surface area (Å²) in [5.74, 6) is 0.366. The summed E-state index contributed by atoms with van der Waals surface area (Å²) in [4.78, 5) is 41.1. The Hall–Kier alpha value is -2.87. The average molecular weight is 458 g/mol. The van der Waals surface area contributed by atoms with Gasteiger partial charge in [-0.25, -0.2) is 0 Å². The molecule has 2 heterocycles. The van der Waals surface area contributed by atoms with Crippen LogP contribution < -0.4 is 15.4 Å². The number of carbonyl (C=O) groups excluding carboxylic acids is 3. The van der Waals surface area contributed by atoms with E-state index in [1.54, 1.807) is 31.4 Å². The van der Waals surface area contributed by atoms with Gasteiger partial charge in [-0.3, -0.25) is 14.4 Å².